The van der Waals surface area contributed by atoms with E-state index < -0.39 is 6.17 Å². The third kappa shape index (κ3) is 4.39. The maximum atomic E-state index is 13.8. The highest BCUT2D eigenvalue weighted by Gasteiger charge is 2.36. The molecule has 1 aromatic heterocycles. The van der Waals surface area contributed by atoms with Crippen LogP contribution in [0.25, 0.3) is 10.8 Å². The number of fused-ring (bicyclic) bond motifs is 1. The lowest BCUT2D eigenvalue weighted by Gasteiger charge is -2.38. The van der Waals surface area contributed by atoms with E-state index in [4.69, 9.17) is 5.26 Å². The van der Waals surface area contributed by atoms with Crippen LogP contribution >= 0.6 is 0 Å². The molecule has 0 unspecified atom stereocenters. The van der Waals surface area contributed by atoms with Crippen LogP contribution in [0, 0.1) is 11.3 Å². The lowest BCUT2D eigenvalue weighted by molar-refractivity contribution is -0.133. The Labute approximate surface area is 176 Å². The molecule has 4 rings (SSSR count). The Kier molecular flexibility index (Phi) is 6.14. The highest BCUT2D eigenvalue weighted by atomic mass is 19.1. The summed E-state index contributed by atoms with van der Waals surface area (Å²) in [5, 5.41) is 11.3. The van der Waals surface area contributed by atoms with E-state index in [0.717, 1.165) is 31.3 Å². The van der Waals surface area contributed by atoms with Crippen LogP contribution in [0.5, 0.6) is 0 Å². The summed E-state index contributed by atoms with van der Waals surface area (Å²) in [6, 6.07) is 10.7. The fourth-order valence-corrected chi connectivity index (χ4v) is 4.71. The number of carbonyl (C=O) groups excluding carboxylic acids is 1. The Balaban J connectivity index is 1.32. The van der Waals surface area contributed by atoms with Crippen LogP contribution in [0.4, 0.5) is 10.1 Å². The summed E-state index contributed by atoms with van der Waals surface area (Å²) in [4.78, 5) is 23.0. The lowest BCUT2D eigenvalue weighted by atomic mass is 10.0. The molecule has 0 saturated carbocycles. The van der Waals surface area contributed by atoms with Gasteiger partial charge in [-0.15, -0.1) is 0 Å². The van der Waals surface area contributed by atoms with Gasteiger partial charge in [-0.2, -0.15) is 5.26 Å². The van der Waals surface area contributed by atoms with Crippen molar-refractivity contribution in [3.05, 3.63) is 36.7 Å². The van der Waals surface area contributed by atoms with Crippen molar-refractivity contribution in [2.75, 3.05) is 38.1 Å². The highest BCUT2D eigenvalue weighted by molar-refractivity contribution is 5.85. The Morgan fingerprint density at radius 1 is 1.30 bits per heavy atom. The number of pyridine rings is 1. The van der Waals surface area contributed by atoms with Gasteiger partial charge < -0.3 is 9.80 Å². The first-order chi connectivity index (χ1) is 14.5. The highest BCUT2D eigenvalue weighted by Crippen LogP contribution is 2.26. The molecule has 1 amide bonds. The Morgan fingerprint density at radius 2 is 2.10 bits per heavy atom. The molecule has 2 fully saturated rings. The quantitative estimate of drug-likeness (QED) is 0.760. The molecule has 1 aromatic carbocycles. The van der Waals surface area contributed by atoms with Crippen LogP contribution in [-0.2, 0) is 4.79 Å². The molecule has 0 spiro atoms. The number of nitrogens with zero attached hydrogens (tertiary/aromatic N) is 5. The normalized spacial score (nSPS) is 22.9. The second kappa shape index (κ2) is 8.97. The number of hydrogen-bond donors (Lipinski definition) is 0. The number of rotatable bonds is 5. The maximum Gasteiger partial charge on any atom is 0.237 e. The van der Waals surface area contributed by atoms with E-state index in [1.54, 1.807) is 11.1 Å². The lowest BCUT2D eigenvalue weighted by Crippen LogP contribution is -2.48. The minimum atomic E-state index is -1.01. The van der Waals surface area contributed by atoms with Crippen molar-refractivity contribution < 1.29 is 9.18 Å². The molecule has 2 saturated heterocycles. The van der Waals surface area contributed by atoms with Crippen molar-refractivity contribution in [1.29, 1.82) is 5.26 Å². The summed E-state index contributed by atoms with van der Waals surface area (Å²) in [6.45, 7) is 2.12. The monoisotopic (exact) mass is 409 g/mol. The Bertz CT molecular complexity index is 937. The fourth-order valence-electron chi connectivity index (χ4n) is 4.71. The number of nitriles is 1. The van der Waals surface area contributed by atoms with Gasteiger partial charge in [0, 0.05) is 62.1 Å². The van der Waals surface area contributed by atoms with Gasteiger partial charge in [-0.3, -0.25) is 14.7 Å². The molecule has 0 radical (unpaired) electrons. The van der Waals surface area contributed by atoms with Gasteiger partial charge in [-0.05, 0) is 36.4 Å². The Hall–Kier alpha value is -2.72. The van der Waals surface area contributed by atoms with Crippen molar-refractivity contribution in [2.24, 2.45) is 0 Å². The predicted molar refractivity (Wildman–Crippen MR) is 115 cm³/mol. The van der Waals surface area contributed by atoms with Gasteiger partial charge in [0.1, 0.15) is 6.17 Å². The van der Waals surface area contributed by atoms with Gasteiger partial charge in [-0.25, -0.2) is 4.39 Å². The summed E-state index contributed by atoms with van der Waals surface area (Å²) < 4.78 is 13.8. The number of hydrogen-bond acceptors (Lipinski definition) is 5. The van der Waals surface area contributed by atoms with Gasteiger partial charge in [0.05, 0.1) is 25.6 Å². The molecule has 2 aliphatic rings. The summed E-state index contributed by atoms with van der Waals surface area (Å²) in [5.74, 6) is -0.0516. The third-order valence-electron chi connectivity index (χ3n) is 6.51. The van der Waals surface area contributed by atoms with E-state index in [9.17, 15) is 9.18 Å². The molecule has 158 valence electrons. The van der Waals surface area contributed by atoms with E-state index in [2.05, 4.69) is 46.1 Å². The first-order valence-corrected chi connectivity index (χ1v) is 10.6. The topological polar surface area (TPSA) is 63.5 Å². The summed E-state index contributed by atoms with van der Waals surface area (Å²) in [6.07, 6.45) is 5.13. The second-order valence-electron chi connectivity index (χ2n) is 8.42. The van der Waals surface area contributed by atoms with Gasteiger partial charge >= 0.3 is 0 Å². The molecule has 7 heteroatoms. The van der Waals surface area contributed by atoms with Gasteiger partial charge in [0.2, 0.25) is 5.91 Å². The molecule has 0 aliphatic carbocycles. The van der Waals surface area contributed by atoms with Gasteiger partial charge in [0.15, 0.2) is 0 Å². The fraction of sp³-hybridized carbons (Fsp3) is 0.522. The van der Waals surface area contributed by atoms with E-state index in [1.165, 1.54) is 11.1 Å². The molecule has 2 aromatic rings. The van der Waals surface area contributed by atoms with E-state index in [1.807, 2.05) is 12.3 Å². The third-order valence-corrected chi connectivity index (χ3v) is 6.51. The number of carbonyl (C=O) groups is 1. The van der Waals surface area contributed by atoms with Crippen LogP contribution in [0.1, 0.15) is 25.7 Å². The number of anilines is 1. The first-order valence-electron chi connectivity index (χ1n) is 10.6. The maximum absolute atomic E-state index is 13.8. The summed E-state index contributed by atoms with van der Waals surface area (Å²) >= 11 is 0. The number of alkyl halides is 1. The molecule has 0 N–H and O–H groups in total. The number of likely N-dealkylation sites (tertiary alicyclic amines) is 2. The molecule has 2 aliphatic heterocycles. The van der Waals surface area contributed by atoms with Gasteiger partial charge in [0.25, 0.3) is 0 Å². The van der Waals surface area contributed by atoms with Crippen molar-refractivity contribution in [3.8, 4) is 6.07 Å². The smallest absolute Gasteiger partial charge is 0.237 e. The molecule has 6 nitrogen and oxygen atoms in total. The SMILES string of the molecule is CN(c1ccc2ccncc2c1)C1CCN(CC(=O)N2C[C@@H](F)C[C@H]2CC#N)CC1. The van der Waals surface area contributed by atoms with Gasteiger partial charge in [-0.1, -0.05) is 6.07 Å². The van der Waals surface area contributed by atoms with Crippen molar-refractivity contribution in [1.82, 2.24) is 14.8 Å². The summed E-state index contributed by atoms with van der Waals surface area (Å²) in [7, 11) is 2.13. The second-order valence-corrected chi connectivity index (χ2v) is 8.42. The number of benzene rings is 1. The van der Waals surface area contributed by atoms with E-state index >= 15 is 0 Å². The van der Waals surface area contributed by atoms with Crippen molar-refractivity contribution in [2.45, 2.75) is 43.9 Å². The van der Waals surface area contributed by atoms with Crippen LogP contribution < -0.4 is 4.90 Å². The summed E-state index contributed by atoms with van der Waals surface area (Å²) in [5.41, 5.74) is 1.18. The molecular weight excluding hydrogens is 381 g/mol. The van der Waals surface area contributed by atoms with Crippen molar-refractivity contribution >= 4 is 22.4 Å². The van der Waals surface area contributed by atoms with Crippen LogP contribution in [0.3, 0.4) is 0 Å². The number of piperidine rings is 1. The average Bonchev–Trinajstić information content (AvgIpc) is 3.14. The largest absolute Gasteiger partial charge is 0.371 e. The zero-order valence-electron chi connectivity index (χ0n) is 17.4. The van der Waals surface area contributed by atoms with E-state index in [-0.39, 0.29) is 31.3 Å². The predicted octanol–water partition coefficient (Wildman–Crippen LogP) is 2.99. The molecule has 3 heterocycles. The average molecular weight is 410 g/mol. The zero-order chi connectivity index (χ0) is 21.1. The van der Waals surface area contributed by atoms with Crippen molar-refractivity contribution in [3.63, 3.8) is 0 Å². The number of halogens is 1. The molecule has 2 atom stereocenters. The van der Waals surface area contributed by atoms with Crippen LogP contribution in [0.2, 0.25) is 0 Å². The number of amides is 1. The molecule has 30 heavy (non-hydrogen) atoms. The van der Waals surface area contributed by atoms with Crippen LogP contribution in [-0.4, -0.2) is 72.2 Å². The van der Waals surface area contributed by atoms with E-state index in [0.29, 0.717) is 12.6 Å². The zero-order valence-corrected chi connectivity index (χ0v) is 17.4. The minimum Gasteiger partial charge on any atom is -0.371 e. The van der Waals surface area contributed by atoms with Crippen LogP contribution in [0.15, 0.2) is 36.7 Å². The standard InChI is InChI=1S/C23H28FN5O/c1-27(21-3-2-17-5-9-26-14-18(17)12-21)20-6-10-28(11-7-20)16-23(30)29-15-19(24)13-22(29)4-8-25/h2-3,5,9,12,14,19-20,22H,4,6-7,10-11,13,15-16H2,1H3/t19-,22+/m0/s1. The Morgan fingerprint density at radius 3 is 2.87 bits per heavy atom. The first kappa shape index (κ1) is 20.5. The molecular formula is C23H28FN5O. The molecule has 0 bridgehead atoms. The minimum absolute atomic E-state index is 0.0516. The number of aromatic nitrogens is 1.